The molecule has 9 nitrogen and oxygen atoms in total. The van der Waals surface area contributed by atoms with Crippen molar-refractivity contribution in [2.24, 2.45) is 5.73 Å². The van der Waals surface area contributed by atoms with Crippen molar-refractivity contribution >= 4 is 17.5 Å². The first-order chi connectivity index (χ1) is 21.2. The van der Waals surface area contributed by atoms with E-state index in [1.807, 2.05) is 46.8 Å². The normalized spacial score (nSPS) is 18.3. The average molecular weight is 604 g/mol. The number of carbonyl (C=O) groups excluding carboxylic acids is 1. The summed E-state index contributed by atoms with van der Waals surface area (Å²) in [5.74, 6) is 0. The molecule has 3 N–H and O–H groups in total. The lowest BCUT2D eigenvalue weighted by atomic mass is 9.98. The Kier molecular flexibility index (Phi) is 15.3. The fraction of sp³-hybridized carbons (Fsp3) is 0.486. The maximum Gasteiger partial charge on any atom is 0.410 e. The van der Waals surface area contributed by atoms with Crippen LogP contribution < -0.4 is 16.0 Å². The third kappa shape index (κ3) is 11.6. The average Bonchev–Trinajstić information content (AvgIpc) is 3.52. The van der Waals surface area contributed by atoms with Gasteiger partial charge in [-0.05, 0) is 82.4 Å². The molecule has 9 heteroatoms. The molecule has 238 valence electrons. The minimum absolute atomic E-state index is 0.132. The number of likely N-dealkylation sites (tertiary alicyclic amines) is 1. The topological polar surface area (TPSA) is 113 Å². The van der Waals surface area contributed by atoms with Gasteiger partial charge in [0, 0.05) is 31.0 Å². The molecule has 0 radical (unpaired) electrons. The Bertz CT molecular complexity index is 1240. The number of hydrogen-bond acceptors (Lipinski definition) is 8. The van der Waals surface area contributed by atoms with Gasteiger partial charge in [0.25, 0.3) is 0 Å². The standard InChI is InChI=1S/C33H47N5O4.C2H2/c1-6-26(10-13-31(36-24-35)28-8-11-29(12-9-28)37-16-18-40-19-17-37)27(7-2)20-25(21-34)23-41-30-14-15-38(22-30)32(39)42-33(3,4)5;1-2/h6-9,11-13,20,30,36H,10,14-19,22-24,35H2,1-5H3;1-2H/b25-20-,26-6+,27-7+,31-13-;. The summed E-state index contributed by atoms with van der Waals surface area (Å²) in [6.45, 7) is 14.4. The predicted octanol–water partition coefficient (Wildman–Crippen LogP) is 5.38. The number of nitrogens with zero attached hydrogens (tertiary/aromatic N) is 3. The molecule has 0 aromatic heterocycles. The third-order valence-electron chi connectivity index (χ3n) is 7.15. The highest BCUT2D eigenvalue weighted by Gasteiger charge is 2.30. The maximum absolute atomic E-state index is 12.4. The van der Waals surface area contributed by atoms with E-state index < -0.39 is 5.60 Å². The lowest BCUT2D eigenvalue weighted by Crippen LogP contribution is -2.36. The molecule has 1 aromatic carbocycles. The molecule has 3 rings (SSSR count). The van der Waals surface area contributed by atoms with Gasteiger partial charge >= 0.3 is 6.09 Å². The highest BCUT2D eigenvalue weighted by Crippen LogP contribution is 2.24. The Balaban J connectivity index is 0.00000330. The Morgan fingerprint density at radius 1 is 1.16 bits per heavy atom. The lowest BCUT2D eigenvalue weighted by molar-refractivity contribution is 0.0232. The van der Waals surface area contributed by atoms with Crippen molar-refractivity contribution in [1.29, 1.82) is 5.26 Å². The number of hydrogen-bond donors (Lipinski definition) is 2. The summed E-state index contributed by atoms with van der Waals surface area (Å²) in [4.78, 5) is 16.4. The van der Waals surface area contributed by atoms with Gasteiger partial charge in [-0.2, -0.15) is 5.26 Å². The Morgan fingerprint density at radius 3 is 2.41 bits per heavy atom. The molecule has 1 unspecified atom stereocenters. The quantitative estimate of drug-likeness (QED) is 0.150. The first-order valence-corrected chi connectivity index (χ1v) is 15.1. The Hall–Kier alpha value is -4.02. The molecule has 1 amide bonds. The zero-order chi connectivity index (χ0) is 32.5. The van der Waals surface area contributed by atoms with E-state index in [9.17, 15) is 10.1 Å². The molecular weight excluding hydrogens is 554 g/mol. The van der Waals surface area contributed by atoms with E-state index in [1.54, 1.807) is 4.90 Å². The number of nitrogens with one attached hydrogen (secondary N) is 1. The molecule has 0 bridgehead atoms. The zero-order valence-corrected chi connectivity index (χ0v) is 27.0. The summed E-state index contributed by atoms with van der Waals surface area (Å²) in [6, 6.07) is 10.8. The molecule has 0 spiro atoms. The molecule has 1 atom stereocenters. The van der Waals surface area contributed by atoms with Crippen molar-refractivity contribution in [1.82, 2.24) is 10.2 Å². The van der Waals surface area contributed by atoms with Crippen molar-refractivity contribution in [3.05, 3.63) is 70.9 Å². The molecule has 0 aliphatic carbocycles. The van der Waals surface area contributed by atoms with Crippen molar-refractivity contribution in [2.45, 2.75) is 59.2 Å². The summed E-state index contributed by atoms with van der Waals surface area (Å²) in [5, 5.41) is 13.1. The van der Waals surface area contributed by atoms with Crippen LogP contribution in [0.15, 0.2) is 65.3 Å². The van der Waals surface area contributed by atoms with Gasteiger partial charge in [-0.3, -0.25) is 0 Å². The summed E-state index contributed by atoms with van der Waals surface area (Å²) in [5.41, 5.74) is 11.1. The number of amides is 1. The molecule has 2 aliphatic heterocycles. The van der Waals surface area contributed by atoms with Gasteiger partial charge in [0.05, 0.1) is 50.8 Å². The van der Waals surface area contributed by atoms with E-state index in [0.717, 1.165) is 48.7 Å². The van der Waals surface area contributed by atoms with Gasteiger partial charge in [0.1, 0.15) is 5.60 Å². The second kappa shape index (κ2) is 18.6. The smallest absolute Gasteiger partial charge is 0.410 e. The number of allylic oxidation sites excluding steroid dienone is 6. The van der Waals surface area contributed by atoms with E-state index in [1.165, 1.54) is 5.69 Å². The minimum Gasteiger partial charge on any atom is -0.444 e. The van der Waals surface area contributed by atoms with Crippen LogP contribution in [0.4, 0.5) is 10.5 Å². The zero-order valence-electron chi connectivity index (χ0n) is 27.0. The largest absolute Gasteiger partial charge is 0.444 e. The molecule has 2 heterocycles. The SMILES string of the molecule is C#C.C/C=C(\C=C(\C#N)COC1CCN(C(=O)OC(C)(C)C)C1)C(=C/C)/C/C=C(\NCN)c1ccc(N2CCOCC2)cc1. The number of carbonyl (C=O) groups is 1. The molecule has 1 aromatic rings. The van der Waals surface area contributed by atoms with Gasteiger partial charge in [0.15, 0.2) is 0 Å². The molecule has 44 heavy (non-hydrogen) atoms. The van der Waals surface area contributed by atoms with E-state index >= 15 is 0 Å². The number of morpholine rings is 1. The van der Waals surface area contributed by atoms with Crippen molar-refractivity contribution in [3.63, 3.8) is 0 Å². The predicted molar refractivity (Wildman–Crippen MR) is 178 cm³/mol. The number of rotatable bonds is 11. The molecule has 2 aliphatic rings. The first-order valence-electron chi connectivity index (χ1n) is 15.1. The van der Waals surface area contributed by atoms with E-state index in [2.05, 4.69) is 65.6 Å². The van der Waals surface area contributed by atoms with E-state index in [-0.39, 0.29) is 18.8 Å². The minimum atomic E-state index is -0.538. The monoisotopic (exact) mass is 603 g/mol. The molecule has 2 fully saturated rings. The first kappa shape index (κ1) is 36.2. The van der Waals surface area contributed by atoms with Gasteiger partial charge in [-0.15, -0.1) is 12.8 Å². The number of ether oxygens (including phenoxy) is 3. The van der Waals surface area contributed by atoms with Gasteiger partial charge in [0.2, 0.25) is 0 Å². The van der Waals surface area contributed by atoms with E-state index in [4.69, 9.17) is 19.9 Å². The van der Waals surface area contributed by atoms with Crippen LogP contribution in [0.25, 0.3) is 5.70 Å². The number of nitriles is 1. The Morgan fingerprint density at radius 2 is 1.84 bits per heavy atom. The van der Waals surface area contributed by atoms with Crippen LogP contribution in [-0.2, 0) is 14.2 Å². The summed E-state index contributed by atoms with van der Waals surface area (Å²) in [7, 11) is 0. The van der Waals surface area contributed by atoms with Crippen LogP contribution in [0.1, 0.15) is 53.0 Å². The van der Waals surface area contributed by atoms with Crippen LogP contribution in [0.3, 0.4) is 0 Å². The third-order valence-corrected chi connectivity index (χ3v) is 7.15. The number of anilines is 1. The molecular formula is C35H49N5O4. The van der Waals surface area contributed by atoms with Crippen LogP contribution >= 0.6 is 0 Å². The fourth-order valence-corrected chi connectivity index (χ4v) is 4.91. The van der Waals surface area contributed by atoms with Crippen LogP contribution in [0, 0.1) is 24.2 Å². The highest BCUT2D eigenvalue weighted by molar-refractivity contribution is 5.68. The number of terminal acetylenes is 1. The number of nitrogens with two attached hydrogens (primary N) is 1. The highest BCUT2D eigenvalue weighted by atomic mass is 16.6. The lowest BCUT2D eigenvalue weighted by Gasteiger charge is -2.29. The molecule has 0 saturated carbocycles. The Labute approximate surface area is 264 Å². The fourth-order valence-electron chi connectivity index (χ4n) is 4.91. The second-order valence-electron chi connectivity index (χ2n) is 11.3. The van der Waals surface area contributed by atoms with Crippen LogP contribution in [0.5, 0.6) is 0 Å². The van der Waals surface area contributed by atoms with Crippen LogP contribution in [0.2, 0.25) is 0 Å². The second-order valence-corrected chi connectivity index (χ2v) is 11.3. The maximum atomic E-state index is 12.4. The summed E-state index contributed by atoms with van der Waals surface area (Å²) >= 11 is 0. The summed E-state index contributed by atoms with van der Waals surface area (Å²) in [6.07, 6.45) is 17.0. The van der Waals surface area contributed by atoms with Crippen molar-refractivity contribution in [2.75, 3.05) is 57.6 Å². The van der Waals surface area contributed by atoms with Crippen LogP contribution in [-0.4, -0.2) is 75.4 Å². The van der Waals surface area contributed by atoms with Crippen molar-refractivity contribution < 1.29 is 19.0 Å². The van der Waals surface area contributed by atoms with E-state index in [0.29, 0.717) is 38.2 Å². The van der Waals surface area contributed by atoms with Gasteiger partial charge in [-0.25, -0.2) is 4.79 Å². The van der Waals surface area contributed by atoms with Gasteiger partial charge < -0.3 is 35.1 Å². The van der Waals surface area contributed by atoms with Crippen molar-refractivity contribution in [3.8, 4) is 18.9 Å². The number of benzene rings is 1. The summed E-state index contributed by atoms with van der Waals surface area (Å²) < 4.78 is 17.0. The molecule has 2 saturated heterocycles. The van der Waals surface area contributed by atoms with Gasteiger partial charge in [-0.1, -0.05) is 30.4 Å².